The van der Waals surface area contributed by atoms with Gasteiger partial charge in [-0.1, -0.05) is 73.7 Å². The molecule has 0 spiro atoms. The molecule has 12 nitrogen and oxygen atoms in total. The van der Waals surface area contributed by atoms with Crippen molar-refractivity contribution in [3.63, 3.8) is 0 Å². The van der Waals surface area contributed by atoms with Crippen molar-refractivity contribution in [3.8, 4) is 5.69 Å². The number of aromatic nitrogens is 2. The molecule has 5 aromatic rings. The molecule has 0 saturated heterocycles. The second-order valence-corrected chi connectivity index (χ2v) is 13.0. The molecule has 2 aliphatic rings. The van der Waals surface area contributed by atoms with Crippen LogP contribution in [0.3, 0.4) is 0 Å². The van der Waals surface area contributed by atoms with Gasteiger partial charge in [0.1, 0.15) is 0 Å². The topological polar surface area (TPSA) is 159 Å². The normalized spacial score (nSPS) is 19.0. The lowest BCUT2D eigenvalue weighted by molar-refractivity contribution is -0.385. The van der Waals surface area contributed by atoms with Gasteiger partial charge in [-0.25, -0.2) is 0 Å². The largest absolute Gasteiger partial charge is 0.394 e. The van der Waals surface area contributed by atoms with Crippen molar-refractivity contribution in [1.82, 2.24) is 14.7 Å². The Morgan fingerprint density at radius 1 is 1.04 bits per heavy atom. The number of aliphatic hydroxyl groups excluding tert-OH is 1. The molecule has 0 radical (unpaired) electrons. The first kappa shape index (κ1) is 33.5. The van der Waals surface area contributed by atoms with E-state index >= 15 is 0 Å². The zero-order valence-corrected chi connectivity index (χ0v) is 27.8. The molecule has 3 atom stereocenters. The minimum atomic E-state index is -2.15. The molecule has 258 valence electrons. The summed E-state index contributed by atoms with van der Waals surface area (Å²) in [5, 5.41) is 39.4. The fourth-order valence-corrected chi connectivity index (χ4v) is 7.08. The molecule has 0 fully saturated rings. The first-order valence-corrected chi connectivity index (χ1v) is 16.6. The van der Waals surface area contributed by atoms with E-state index in [2.05, 4.69) is 5.10 Å². The molecule has 0 unspecified atom stereocenters. The van der Waals surface area contributed by atoms with Crippen molar-refractivity contribution < 1.29 is 24.7 Å². The highest BCUT2D eigenvalue weighted by Gasteiger charge is 2.53. The quantitative estimate of drug-likeness (QED) is 0.130. The number of amides is 2. The average molecular weight is 686 g/mol. The Morgan fingerprint density at radius 2 is 1.76 bits per heavy atom. The van der Waals surface area contributed by atoms with E-state index in [1.807, 2.05) is 36.4 Å². The summed E-state index contributed by atoms with van der Waals surface area (Å²) in [5.74, 6) is -1.74. The maximum Gasteiger partial charge on any atom is 0.279 e. The van der Waals surface area contributed by atoms with E-state index < -0.39 is 22.3 Å². The molecule has 1 aromatic heterocycles. The fraction of sp³-hybridized carbons (Fsp3) is 0.231. The summed E-state index contributed by atoms with van der Waals surface area (Å²) in [6.45, 7) is 1.86. The van der Waals surface area contributed by atoms with E-state index in [1.165, 1.54) is 27.8 Å². The van der Waals surface area contributed by atoms with Crippen LogP contribution in [0.4, 0.5) is 11.4 Å². The number of hydrogen-bond acceptors (Lipinski definition) is 8. The third-order valence-electron chi connectivity index (χ3n) is 9.94. The van der Waals surface area contributed by atoms with Crippen LogP contribution in [0.5, 0.6) is 0 Å². The predicted octanol–water partition coefficient (Wildman–Crippen LogP) is 4.56. The van der Waals surface area contributed by atoms with Crippen LogP contribution in [0.1, 0.15) is 35.6 Å². The number of carbonyl (C=O) groups excluding carboxylic acids is 2. The van der Waals surface area contributed by atoms with Gasteiger partial charge in [0.2, 0.25) is 5.91 Å². The maximum atomic E-state index is 14.1. The molecular formula is C39H35N5O7. The van der Waals surface area contributed by atoms with Crippen molar-refractivity contribution >= 4 is 34.0 Å². The number of carbonyl (C=O) groups is 2. The Balaban J connectivity index is 1.12. The molecule has 12 heteroatoms. The Morgan fingerprint density at radius 3 is 2.51 bits per heavy atom. The van der Waals surface area contributed by atoms with Crippen LogP contribution in [0.25, 0.3) is 16.5 Å². The molecule has 2 N–H and O–H groups in total. The average Bonchev–Trinajstić information content (AvgIpc) is 3.36. The van der Waals surface area contributed by atoms with Crippen LogP contribution in [0.15, 0.2) is 114 Å². The Hall–Kier alpha value is -5.98. The number of nitrogens with zero attached hydrogens (tertiary/aromatic N) is 5. The van der Waals surface area contributed by atoms with Gasteiger partial charge in [-0.05, 0) is 47.4 Å². The van der Waals surface area contributed by atoms with Gasteiger partial charge in [0.05, 0.1) is 47.1 Å². The van der Waals surface area contributed by atoms with E-state index in [1.54, 1.807) is 66.6 Å². The van der Waals surface area contributed by atoms with E-state index in [0.717, 1.165) is 16.5 Å². The van der Waals surface area contributed by atoms with Crippen LogP contribution < -0.4 is 10.5 Å². The highest BCUT2D eigenvalue weighted by atomic mass is 16.6. The number of hydrogen-bond donors (Lipinski definition) is 2. The first-order chi connectivity index (χ1) is 24.6. The molecule has 0 aliphatic carbocycles. The van der Waals surface area contributed by atoms with Gasteiger partial charge < -0.3 is 20.0 Å². The van der Waals surface area contributed by atoms with Gasteiger partial charge in [-0.15, -0.1) is 0 Å². The van der Waals surface area contributed by atoms with E-state index in [0.29, 0.717) is 35.3 Å². The number of nitro groups is 1. The molecular weight excluding hydrogens is 650 g/mol. The van der Waals surface area contributed by atoms with Crippen LogP contribution >= 0.6 is 0 Å². The van der Waals surface area contributed by atoms with Crippen LogP contribution in [0, 0.1) is 16.0 Å². The van der Waals surface area contributed by atoms with Gasteiger partial charge in [-0.3, -0.25) is 24.5 Å². The number of anilines is 1. The Labute approximate surface area is 292 Å². The Kier molecular flexibility index (Phi) is 8.79. The summed E-state index contributed by atoms with van der Waals surface area (Å²) >= 11 is 0. The number of non-ortho nitro benzene ring substituents is 1. The number of nitro benzene ring substituents is 1. The zero-order chi connectivity index (χ0) is 35.9. The van der Waals surface area contributed by atoms with Crippen LogP contribution in [0.2, 0.25) is 0 Å². The highest BCUT2D eigenvalue weighted by molar-refractivity contribution is 6.07. The van der Waals surface area contributed by atoms with Crippen LogP contribution in [-0.2, 0) is 34.7 Å². The standard InChI is InChI=1S/C39H35N5O7/c1-25(7-6-12-36(46)41-23-29-10-3-2-8-27(29)19-32(41)24-45)39(49)34-20-31(44(50)51)17-18-35(34)42(38(39)48)22-26-13-15-30(16-14-26)43-37(47)33-11-5-4-9-28(33)21-40-43/h2-11,13-18,20-21,25,32,45,49H,12,19,22-24H2,1H3/b7-6+/t25-,32+,39+/m1/s1. The monoisotopic (exact) mass is 685 g/mol. The minimum absolute atomic E-state index is 0.0275. The molecule has 0 bridgehead atoms. The molecule has 4 aromatic carbocycles. The van der Waals surface area contributed by atoms with Gasteiger partial charge in [0.15, 0.2) is 5.60 Å². The van der Waals surface area contributed by atoms with Gasteiger partial charge in [0, 0.05) is 42.0 Å². The third-order valence-corrected chi connectivity index (χ3v) is 9.94. The number of fused-ring (bicyclic) bond motifs is 3. The molecule has 7 rings (SSSR count). The zero-order valence-electron chi connectivity index (χ0n) is 27.8. The Bertz CT molecular complexity index is 2270. The second kappa shape index (κ2) is 13.4. The van der Waals surface area contributed by atoms with Crippen molar-refractivity contribution in [3.05, 3.63) is 152 Å². The van der Waals surface area contributed by atoms with Gasteiger partial charge >= 0.3 is 0 Å². The third kappa shape index (κ3) is 5.98. The van der Waals surface area contributed by atoms with E-state index in [4.69, 9.17) is 0 Å². The summed E-state index contributed by atoms with van der Waals surface area (Å²) in [7, 11) is 0. The molecule has 2 amide bonds. The lowest BCUT2D eigenvalue weighted by atomic mass is 9.82. The van der Waals surface area contributed by atoms with Gasteiger partial charge in [-0.2, -0.15) is 9.78 Å². The summed E-state index contributed by atoms with van der Waals surface area (Å²) in [5.41, 5.74) is 1.07. The summed E-state index contributed by atoms with van der Waals surface area (Å²) in [4.78, 5) is 54.7. The maximum absolute atomic E-state index is 14.1. The first-order valence-electron chi connectivity index (χ1n) is 16.6. The highest BCUT2D eigenvalue weighted by Crippen LogP contribution is 2.47. The second-order valence-electron chi connectivity index (χ2n) is 13.0. The molecule has 0 saturated carbocycles. The fourth-order valence-electron chi connectivity index (χ4n) is 7.08. The number of aliphatic hydroxyl groups is 2. The number of benzene rings is 4. The SMILES string of the molecule is C[C@H](/C=C/CC(=O)N1Cc2ccccc2C[C@H]1CO)[C@@]1(O)C(=O)N(Cc2ccc(-n3ncc4ccccc4c3=O)cc2)c2ccc([N+](=O)[O-])cc21. The van der Waals surface area contributed by atoms with Crippen LogP contribution in [-0.4, -0.2) is 54.3 Å². The molecule has 3 heterocycles. The van der Waals surface area contributed by atoms with E-state index in [9.17, 15) is 34.7 Å². The predicted molar refractivity (Wildman–Crippen MR) is 190 cm³/mol. The lowest BCUT2D eigenvalue weighted by Gasteiger charge is -2.36. The van der Waals surface area contributed by atoms with Crippen molar-refractivity contribution in [2.45, 2.75) is 44.5 Å². The lowest BCUT2D eigenvalue weighted by Crippen LogP contribution is -2.46. The number of rotatable bonds is 9. The summed E-state index contributed by atoms with van der Waals surface area (Å²) < 4.78 is 1.30. The van der Waals surface area contributed by atoms with E-state index in [-0.39, 0.29) is 48.3 Å². The smallest absolute Gasteiger partial charge is 0.279 e. The summed E-state index contributed by atoms with van der Waals surface area (Å²) in [6, 6.07) is 25.5. The molecule has 51 heavy (non-hydrogen) atoms. The summed E-state index contributed by atoms with van der Waals surface area (Å²) in [6.07, 6.45) is 5.31. The van der Waals surface area contributed by atoms with Crippen molar-refractivity contribution in [2.24, 2.45) is 5.92 Å². The van der Waals surface area contributed by atoms with Crippen molar-refractivity contribution in [1.29, 1.82) is 0 Å². The molecule has 2 aliphatic heterocycles. The minimum Gasteiger partial charge on any atom is -0.394 e. The van der Waals surface area contributed by atoms with Crippen molar-refractivity contribution in [2.75, 3.05) is 11.5 Å². The van der Waals surface area contributed by atoms with Gasteiger partial charge in [0.25, 0.3) is 17.2 Å².